The maximum Gasteiger partial charge on any atom is 0.248 e. The molecule has 3 rings (SSSR count). The van der Waals surface area contributed by atoms with Gasteiger partial charge in [0.05, 0.1) is 5.52 Å². The molecule has 1 fully saturated rings. The van der Waals surface area contributed by atoms with Crippen molar-refractivity contribution in [3.05, 3.63) is 24.3 Å². The van der Waals surface area contributed by atoms with Gasteiger partial charge in [0.15, 0.2) is 5.82 Å². The van der Waals surface area contributed by atoms with E-state index in [0.717, 1.165) is 10.9 Å². The predicted molar refractivity (Wildman–Crippen MR) is 61.8 cm³/mol. The minimum Gasteiger partial charge on any atom is -0.382 e. The summed E-state index contributed by atoms with van der Waals surface area (Å²) in [6.45, 7) is 0.521. The molecule has 1 aliphatic carbocycles. The first-order valence-electron chi connectivity index (χ1n) is 5.64. The van der Waals surface area contributed by atoms with E-state index in [1.807, 2.05) is 24.3 Å². The zero-order valence-corrected chi connectivity index (χ0v) is 9.24. The van der Waals surface area contributed by atoms with E-state index in [-0.39, 0.29) is 18.8 Å². The summed E-state index contributed by atoms with van der Waals surface area (Å²) in [6.07, 6.45) is -0.0812. The quantitative estimate of drug-likeness (QED) is 0.872. The van der Waals surface area contributed by atoms with Crippen molar-refractivity contribution in [3.63, 3.8) is 0 Å². The normalized spacial score (nSPS) is 19.4. The number of nitrogens with zero attached hydrogens (tertiary/aromatic N) is 2. The number of fused-ring (bicyclic) bond motifs is 1. The summed E-state index contributed by atoms with van der Waals surface area (Å²) in [5.41, 5.74) is 6.70. The van der Waals surface area contributed by atoms with Crippen molar-refractivity contribution in [1.29, 1.82) is 0 Å². The van der Waals surface area contributed by atoms with E-state index in [4.69, 9.17) is 5.73 Å². The molecule has 0 spiro atoms. The number of aromatic nitrogens is 2. The first-order valence-corrected chi connectivity index (χ1v) is 5.64. The fourth-order valence-electron chi connectivity index (χ4n) is 2.45. The first kappa shape index (κ1) is 10.5. The fourth-order valence-corrected chi connectivity index (χ4v) is 2.45. The molecular formula is C12H13F2N3. The van der Waals surface area contributed by atoms with Crippen LogP contribution in [-0.4, -0.2) is 15.7 Å². The Hall–Kier alpha value is -1.65. The maximum absolute atomic E-state index is 12.8. The maximum atomic E-state index is 12.8. The van der Waals surface area contributed by atoms with Gasteiger partial charge in [-0.2, -0.15) is 5.10 Å². The van der Waals surface area contributed by atoms with E-state index in [2.05, 4.69) is 5.10 Å². The second-order valence-corrected chi connectivity index (χ2v) is 4.71. The summed E-state index contributed by atoms with van der Waals surface area (Å²) in [6, 6.07) is 7.59. The number of rotatable bonds is 2. The summed E-state index contributed by atoms with van der Waals surface area (Å²) in [5, 5.41) is 5.10. The lowest BCUT2D eigenvalue weighted by atomic mass is 9.81. The molecule has 5 heteroatoms. The zero-order chi connectivity index (χ0) is 12.0. The number of nitrogen functional groups attached to an aromatic ring is 1. The van der Waals surface area contributed by atoms with E-state index in [1.165, 1.54) is 0 Å². The highest BCUT2D eigenvalue weighted by atomic mass is 19.3. The van der Waals surface area contributed by atoms with Crippen molar-refractivity contribution < 1.29 is 8.78 Å². The van der Waals surface area contributed by atoms with Crippen molar-refractivity contribution in [2.24, 2.45) is 5.92 Å². The van der Waals surface area contributed by atoms with E-state index in [9.17, 15) is 8.78 Å². The molecule has 0 aliphatic heterocycles. The van der Waals surface area contributed by atoms with Crippen molar-refractivity contribution in [2.75, 3.05) is 5.73 Å². The van der Waals surface area contributed by atoms with Crippen LogP contribution < -0.4 is 5.73 Å². The second-order valence-electron chi connectivity index (χ2n) is 4.71. The monoisotopic (exact) mass is 237 g/mol. The number of halogens is 2. The minimum atomic E-state index is -2.47. The van der Waals surface area contributed by atoms with Crippen LogP contribution in [0.2, 0.25) is 0 Å². The lowest BCUT2D eigenvalue weighted by molar-refractivity contribution is -0.114. The number of nitrogens with two attached hydrogens (primary N) is 1. The molecule has 0 unspecified atom stereocenters. The molecule has 3 nitrogen and oxygen atoms in total. The Balaban J connectivity index is 1.87. The standard InChI is InChI=1S/C12H13F2N3/c13-12(14)5-8(6-12)7-17-10-4-2-1-3-9(10)11(15)16-17/h1-4,8H,5-7H2,(H2,15,16). The Morgan fingerprint density at radius 2 is 2.06 bits per heavy atom. The summed E-state index contributed by atoms with van der Waals surface area (Å²) < 4.78 is 27.3. The van der Waals surface area contributed by atoms with Gasteiger partial charge in [0.2, 0.25) is 5.92 Å². The molecular weight excluding hydrogens is 224 g/mol. The minimum absolute atomic E-state index is 0.00714. The van der Waals surface area contributed by atoms with Crippen molar-refractivity contribution in [3.8, 4) is 0 Å². The van der Waals surface area contributed by atoms with Gasteiger partial charge in [0.1, 0.15) is 0 Å². The largest absolute Gasteiger partial charge is 0.382 e. The molecule has 0 atom stereocenters. The second kappa shape index (κ2) is 3.42. The number of para-hydroxylation sites is 1. The Labute approximate surface area is 97.2 Å². The van der Waals surface area contributed by atoms with Crippen LogP contribution in [-0.2, 0) is 6.54 Å². The number of alkyl halides is 2. The number of hydrogen-bond acceptors (Lipinski definition) is 2. The van der Waals surface area contributed by atoms with Crippen LogP contribution in [0.15, 0.2) is 24.3 Å². The Morgan fingerprint density at radius 3 is 2.76 bits per heavy atom. The molecule has 90 valence electrons. The molecule has 1 aromatic heterocycles. The highest BCUT2D eigenvalue weighted by molar-refractivity contribution is 5.88. The van der Waals surface area contributed by atoms with Crippen molar-refractivity contribution in [2.45, 2.75) is 25.3 Å². The number of hydrogen-bond donors (Lipinski definition) is 1. The highest BCUT2D eigenvalue weighted by Gasteiger charge is 2.45. The van der Waals surface area contributed by atoms with Gasteiger partial charge < -0.3 is 5.73 Å². The summed E-state index contributed by atoms with van der Waals surface area (Å²) >= 11 is 0. The van der Waals surface area contributed by atoms with Crippen molar-refractivity contribution in [1.82, 2.24) is 9.78 Å². The molecule has 17 heavy (non-hydrogen) atoms. The lowest BCUT2D eigenvalue weighted by Crippen LogP contribution is -2.37. The lowest BCUT2D eigenvalue weighted by Gasteiger charge is -2.34. The summed E-state index contributed by atoms with van der Waals surface area (Å²) in [5.74, 6) is -2.00. The Kier molecular flexibility index (Phi) is 2.11. The van der Waals surface area contributed by atoms with Crippen LogP contribution in [0.5, 0.6) is 0 Å². The summed E-state index contributed by atoms with van der Waals surface area (Å²) in [7, 11) is 0. The Morgan fingerprint density at radius 1 is 1.35 bits per heavy atom. The smallest absolute Gasteiger partial charge is 0.248 e. The van der Waals surface area contributed by atoms with Gasteiger partial charge in [-0.3, -0.25) is 4.68 Å². The molecule has 0 amide bonds. The average molecular weight is 237 g/mol. The molecule has 2 N–H and O–H groups in total. The molecule has 1 aromatic carbocycles. The van der Waals surface area contributed by atoms with Crippen LogP contribution in [0.25, 0.3) is 10.9 Å². The zero-order valence-electron chi connectivity index (χ0n) is 9.24. The number of anilines is 1. The van der Waals surface area contributed by atoms with Crippen LogP contribution in [0.3, 0.4) is 0 Å². The topological polar surface area (TPSA) is 43.8 Å². The van der Waals surface area contributed by atoms with E-state index < -0.39 is 5.92 Å². The van der Waals surface area contributed by atoms with Gasteiger partial charge in [-0.15, -0.1) is 0 Å². The third-order valence-electron chi connectivity index (χ3n) is 3.29. The van der Waals surface area contributed by atoms with Crippen LogP contribution in [0.1, 0.15) is 12.8 Å². The van der Waals surface area contributed by atoms with E-state index >= 15 is 0 Å². The van der Waals surface area contributed by atoms with Crippen LogP contribution >= 0.6 is 0 Å². The van der Waals surface area contributed by atoms with Crippen molar-refractivity contribution >= 4 is 16.7 Å². The van der Waals surface area contributed by atoms with Gasteiger partial charge in [-0.25, -0.2) is 8.78 Å². The fraction of sp³-hybridized carbons (Fsp3) is 0.417. The summed E-state index contributed by atoms with van der Waals surface area (Å²) in [4.78, 5) is 0. The van der Waals surface area contributed by atoms with Gasteiger partial charge >= 0.3 is 0 Å². The molecule has 1 saturated carbocycles. The van der Waals surface area contributed by atoms with Gasteiger partial charge in [-0.05, 0) is 18.1 Å². The number of benzene rings is 1. The van der Waals surface area contributed by atoms with Gasteiger partial charge in [-0.1, -0.05) is 12.1 Å². The van der Waals surface area contributed by atoms with Crippen LogP contribution in [0.4, 0.5) is 14.6 Å². The third kappa shape index (κ3) is 1.75. The average Bonchev–Trinajstić information content (AvgIpc) is 2.54. The van der Waals surface area contributed by atoms with Gasteiger partial charge in [0.25, 0.3) is 0 Å². The Bertz CT molecular complexity index is 554. The first-order chi connectivity index (χ1) is 8.05. The highest BCUT2D eigenvalue weighted by Crippen LogP contribution is 2.43. The molecule has 1 aliphatic rings. The molecule has 1 heterocycles. The van der Waals surface area contributed by atoms with Gasteiger partial charge in [0, 0.05) is 24.8 Å². The predicted octanol–water partition coefficient (Wildman–Crippen LogP) is 2.66. The molecule has 0 saturated heterocycles. The third-order valence-corrected chi connectivity index (χ3v) is 3.29. The molecule has 0 bridgehead atoms. The molecule has 0 radical (unpaired) electrons. The van der Waals surface area contributed by atoms with Crippen LogP contribution in [0, 0.1) is 5.92 Å². The van der Waals surface area contributed by atoms with E-state index in [0.29, 0.717) is 12.4 Å². The molecule has 2 aromatic rings. The SMILES string of the molecule is Nc1nn(CC2CC(F)(F)C2)c2ccccc12. The van der Waals surface area contributed by atoms with E-state index in [1.54, 1.807) is 4.68 Å².